The Hall–Kier alpha value is -8.92. The zero-order valence-electron chi connectivity index (χ0n) is 38.9. The normalized spacial score (nSPS) is 12.8. The van der Waals surface area contributed by atoms with Crippen LogP contribution in [0.1, 0.15) is 25.0 Å². The summed E-state index contributed by atoms with van der Waals surface area (Å²) in [7, 11) is 0. The minimum atomic E-state index is -0.217. The fraction of sp³-hybridized carbons (Fsp3) is 0.0448. The predicted octanol–water partition coefficient (Wildman–Crippen LogP) is 18.6. The van der Waals surface area contributed by atoms with E-state index >= 15 is 0 Å². The van der Waals surface area contributed by atoms with Gasteiger partial charge in [0.25, 0.3) is 0 Å². The van der Waals surface area contributed by atoms with Gasteiger partial charge in [0, 0.05) is 49.4 Å². The van der Waals surface area contributed by atoms with Crippen LogP contribution in [0.25, 0.3) is 105 Å². The molecule has 14 rings (SSSR count). The first-order valence-electron chi connectivity index (χ1n) is 24.2. The second kappa shape index (κ2) is 15.6. The van der Waals surface area contributed by atoms with Crippen LogP contribution in [-0.2, 0) is 5.41 Å². The monoisotopic (exact) mass is 894 g/mol. The highest BCUT2D eigenvalue weighted by Gasteiger charge is 2.36. The largest absolute Gasteiger partial charge is 0.456 e. The van der Waals surface area contributed by atoms with Gasteiger partial charge in [0.05, 0.1) is 16.7 Å². The molecule has 0 saturated heterocycles. The number of fused-ring (bicyclic) bond motifs is 10. The maximum absolute atomic E-state index is 6.20. The zero-order chi connectivity index (χ0) is 46.5. The molecule has 70 heavy (non-hydrogen) atoms. The lowest BCUT2D eigenvalue weighted by molar-refractivity contribution is 0.660. The van der Waals surface area contributed by atoms with Crippen molar-refractivity contribution in [3.05, 3.63) is 254 Å². The molecule has 3 heteroatoms. The minimum Gasteiger partial charge on any atom is -0.456 e. The highest BCUT2D eigenvalue weighted by Crippen LogP contribution is 2.52. The number of rotatable bonds is 7. The Balaban J connectivity index is 0.922. The Morgan fingerprint density at radius 1 is 0.343 bits per heavy atom. The summed E-state index contributed by atoms with van der Waals surface area (Å²) in [4.78, 5) is 2.47. The number of hydrogen-bond donors (Lipinski definition) is 0. The lowest BCUT2D eigenvalue weighted by Gasteiger charge is -2.29. The molecular formula is C67H46N2O. The van der Waals surface area contributed by atoms with Crippen molar-refractivity contribution >= 4 is 71.6 Å². The molecular weight excluding hydrogens is 849 g/mol. The van der Waals surface area contributed by atoms with Crippen molar-refractivity contribution in [2.45, 2.75) is 19.3 Å². The maximum atomic E-state index is 6.20. The van der Waals surface area contributed by atoms with Crippen molar-refractivity contribution in [3.8, 4) is 50.2 Å². The maximum Gasteiger partial charge on any atom is 0.135 e. The molecule has 11 aromatic carbocycles. The molecule has 0 aliphatic heterocycles. The zero-order valence-corrected chi connectivity index (χ0v) is 38.9. The van der Waals surface area contributed by atoms with Gasteiger partial charge in [0.2, 0.25) is 0 Å². The average molecular weight is 895 g/mol. The molecule has 0 saturated carbocycles. The number of para-hydroxylation sites is 3. The standard InChI is InChI=1S/C67H46N2O/c1-67(2)60-41-46(43-15-5-3-6-16-43)27-33-53(60)54-34-32-50(42-61(54)67)68(49-30-25-44(26-31-49)45-29-38-66-59(39-45)57-22-12-14-24-65(57)70-66)63-37-35-51(52-19-9-10-20-55(52)63)47-28-36-64-58(40-47)56-21-11-13-23-62(56)69(64)48-17-7-4-8-18-48/h3-42H,1-2H3. The van der Waals surface area contributed by atoms with E-state index in [1.165, 1.54) is 77.1 Å². The van der Waals surface area contributed by atoms with Crippen molar-refractivity contribution < 1.29 is 4.42 Å². The molecule has 0 amide bonds. The van der Waals surface area contributed by atoms with E-state index in [9.17, 15) is 0 Å². The Bertz CT molecular complexity index is 4200. The molecule has 2 aromatic heterocycles. The SMILES string of the molecule is CC1(C)c2cc(-c3ccccc3)ccc2-c2ccc(N(c3ccc(-c4ccc5oc6ccccc6c5c4)cc3)c3ccc(-c4ccc5c(c4)c4ccccc4n5-c4ccccc4)c4ccccc34)cc21. The average Bonchev–Trinajstić information content (AvgIpc) is 4.03. The summed E-state index contributed by atoms with van der Waals surface area (Å²) in [6.45, 7) is 4.77. The van der Waals surface area contributed by atoms with Gasteiger partial charge in [-0.25, -0.2) is 0 Å². The second-order valence-electron chi connectivity index (χ2n) is 19.3. The van der Waals surface area contributed by atoms with E-state index in [4.69, 9.17) is 4.42 Å². The van der Waals surface area contributed by atoms with Gasteiger partial charge < -0.3 is 13.9 Å². The quantitative estimate of drug-likeness (QED) is 0.159. The van der Waals surface area contributed by atoms with Crippen LogP contribution in [0.4, 0.5) is 17.1 Å². The molecule has 0 unspecified atom stereocenters. The first-order valence-corrected chi connectivity index (χ1v) is 24.2. The van der Waals surface area contributed by atoms with Crippen molar-refractivity contribution in [3.63, 3.8) is 0 Å². The van der Waals surface area contributed by atoms with Crippen LogP contribution in [0, 0.1) is 0 Å². The number of nitrogens with zero attached hydrogens (tertiary/aromatic N) is 2. The molecule has 0 N–H and O–H groups in total. The lowest BCUT2D eigenvalue weighted by atomic mass is 9.81. The van der Waals surface area contributed by atoms with Crippen molar-refractivity contribution in [1.29, 1.82) is 0 Å². The first-order chi connectivity index (χ1) is 34.5. The summed E-state index contributed by atoms with van der Waals surface area (Å²) in [6.07, 6.45) is 0. The summed E-state index contributed by atoms with van der Waals surface area (Å²) in [5.41, 5.74) is 21.0. The molecule has 0 bridgehead atoms. The molecule has 13 aromatic rings. The molecule has 0 atom stereocenters. The van der Waals surface area contributed by atoms with Crippen molar-refractivity contribution in [2.24, 2.45) is 0 Å². The van der Waals surface area contributed by atoms with E-state index in [-0.39, 0.29) is 5.41 Å². The van der Waals surface area contributed by atoms with E-state index < -0.39 is 0 Å². The van der Waals surface area contributed by atoms with Crippen LogP contribution < -0.4 is 4.90 Å². The molecule has 330 valence electrons. The summed E-state index contributed by atoms with van der Waals surface area (Å²) >= 11 is 0. The van der Waals surface area contributed by atoms with Crippen LogP contribution in [-0.4, -0.2) is 4.57 Å². The van der Waals surface area contributed by atoms with Gasteiger partial charge in [-0.1, -0.05) is 172 Å². The van der Waals surface area contributed by atoms with Crippen LogP contribution in [0.5, 0.6) is 0 Å². The Labute approximate surface area is 406 Å². The fourth-order valence-corrected chi connectivity index (χ4v) is 11.5. The number of anilines is 3. The van der Waals surface area contributed by atoms with Crippen LogP contribution in [0.2, 0.25) is 0 Å². The molecule has 1 aliphatic rings. The van der Waals surface area contributed by atoms with Gasteiger partial charge in [-0.2, -0.15) is 0 Å². The molecule has 2 heterocycles. The highest BCUT2D eigenvalue weighted by atomic mass is 16.3. The van der Waals surface area contributed by atoms with Gasteiger partial charge in [-0.3, -0.25) is 0 Å². The molecule has 0 radical (unpaired) electrons. The lowest BCUT2D eigenvalue weighted by Crippen LogP contribution is -2.17. The van der Waals surface area contributed by atoms with Crippen molar-refractivity contribution in [1.82, 2.24) is 4.57 Å². The number of furan rings is 1. The third-order valence-electron chi connectivity index (χ3n) is 15.0. The summed E-state index contributed by atoms with van der Waals surface area (Å²) in [6, 6.07) is 88.8. The first kappa shape index (κ1) is 40.2. The van der Waals surface area contributed by atoms with E-state index in [2.05, 4.69) is 254 Å². The Morgan fingerprint density at radius 2 is 0.886 bits per heavy atom. The molecule has 3 nitrogen and oxygen atoms in total. The fourth-order valence-electron chi connectivity index (χ4n) is 11.5. The van der Waals surface area contributed by atoms with Gasteiger partial charge in [0.15, 0.2) is 0 Å². The summed E-state index contributed by atoms with van der Waals surface area (Å²) in [5, 5.41) is 7.14. The van der Waals surface area contributed by atoms with E-state index in [1.807, 2.05) is 12.1 Å². The Kier molecular flexibility index (Phi) is 8.93. The summed E-state index contributed by atoms with van der Waals surface area (Å²) < 4.78 is 8.59. The smallest absolute Gasteiger partial charge is 0.135 e. The molecule has 0 spiro atoms. The van der Waals surface area contributed by atoms with Crippen molar-refractivity contribution in [2.75, 3.05) is 4.90 Å². The van der Waals surface area contributed by atoms with E-state index in [0.29, 0.717) is 0 Å². The van der Waals surface area contributed by atoms with Gasteiger partial charge in [-0.15, -0.1) is 0 Å². The Morgan fingerprint density at radius 3 is 1.70 bits per heavy atom. The minimum absolute atomic E-state index is 0.217. The van der Waals surface area contributed by atoms with Crippen LogP contribution >= 0.6 is 0 Å². The van der Waals surface area contributed by atoms with Crippen LogP contribution in [0.15, 0.2) is 247 Å². The number of aromatic nitrogens is 1. The predicted molar refractivity (Wildman–Crippen MR) is 294 cm³/mol. The van der Waals surface area contributed by atoms with Gasteiger partial charge in [-0.05, 0) is 146 Å². The highest BCUT2D eigenvalue weighted by molar-refractivity contribution is 6.13. The third-order valence-corrected chi connectivity index (χ3v) is 15.0. The second-order valence-corrected chi connectivity index (χ2v) is 19.3. The van der Waals surface area contributed by atoms with Crippen LogP contribution in [0.3, 0.4) is 0 Å². The third kappa shape index (κ3) is 6.21. The molecule has 0 fully saturated rings. The number of benzene rings is 11. The van der Waals surface area contributed by atoms with Gasteiger partial charge >= 0.3 is 0 Å². The van der Waals surface area contributed by atoms with E-state index in [1.54, 1.807) is 0 Å². The van der Waals surface area contributed by atoms with Gasteiger partial charge in [0.1, 0.15) is 11.2 Å². The topological polar surface area (TPSA) is 21.3 Å². The van der Waals surface area contributed by atoms with E-state index in [0.717, 1.165) is 55.8 Å². The summed E-state index contributed by atoms with van der Waals surface area (Å²) in [5.74, 6) is 0. The molecule has 1 aliphatic carbocycles. The number of hydrogen-bond acceptors (Lipinski definition) is 2.